The number of hydrogen-bond donors (Lipinski definition) is 1. The van der Waals surface area contributed by atoms with E-state index in [0.717, 1.165) is 17.0 Å². The first-order valence-corrected chi connectivity index (χ1v) is 4.20. The highest BCUT2D eigenvalue weighted by molar-refractivity contribution is 5.63. The lowest BCUT2D eigenvalue weighted by molar-refractivity contribution is 0.439. The first kappa shape index (κ1) is 8.68. The minimum Gasteiger partial charge on any atom is -0.368 e. The molecule has 2 aromatic heterocycles. The zero-order chi connectivity index (χ0) is 10.1. The lowest BCUT2D eigenvalue weighted by Crippen LogP contribution is -1.93. The molecular weight excluding hydrogens is 180 g/mol. The van der Waals surface area contributed by atoms with Crippen molar-refractivity contribution in [3.63, 3.8) is 0 Å². The molecule has 0 atom stereocenters. The van der Waals surface area contributed by atoms with Crippen LogP contribution in [-0.2, 0) is 0 Å². The van der Waals surface area contributed by atoms with Crippen LogP contribution in [0.1, 0.15) is 11.4 Å². The summed E-state index contributed by atoms with van der Waals surface area (Å²) in [5.41, 5.74) is 8.68. The normalized spacial score (nSPS) is 10.4. The Labute approximate surface area is 80.9 Å². The Morgan fingerprint density at radius 2 is 2.00 bits per heavy atom. The number of anilines is 1. The lowest BCUT2D eigenvalue weighted by Gasteiger charge is -1.99. The summed E-state index contributed by atoms with van der Waals surface area (Å²) in [7, 11) is 0. The van der Waals surface area contributed by atoms with E-state index in [1.165, 1.54) is 0 Å². The molecule has 72 valence electrons. The Kier molecular flexibility index (Phi) is 1.92. The van der Waals surface area contributed by atoms with Gasteiger partial charge in [0.05, 0.1) is 11.4 Å². The molecule has 0 unspecified atom stereocenters. The van der Waals surface area contributed by atoms with Gasteiger partial charge in [0.15, 0.2) is 0 Å². The van der Waals surface area contributed by atoms with Gasteiger partial charge in [0, 0.05) is 11.6 Å². The van der Waals surface area contributed by atoms with Crippen molar-refractivity contribution in [1.29, 1.82) is 0 Å². The van der Waals surface area contributed by atoms with E-state index in [2.05, 4.69) is 15.4 Å². The predicted molar refractivity (Wildman–Crippen MR) is 51.4 cm³/mol. The quantitative estimate of drug-likeness (QED) is 0.733. The highest BCUT2D eigenvalue weighted by Crippen LogP contribution is 2.22. The number of nitrogen functional groups attached to an aromatic ring is 1. The van der Waals surface area contributed by atoms with E-state index in [1.54, 1.807) is 6.07 Å². The van der Waals surface area contributed by atoms with E-state index in [4.69, 9.17) is 10.3 Å². The van der Waals surface area contributed by atoms with Gasteiger partial charge in [-0.3, -0.25) is 0 Å². The summed E-state index contributed by atoms with van der Waals surface area (Å²) in [5.74, 6) is 0.300. The molecule has 0 aliphatic heterocycles. The molecule has 2 rings (SSSR count). The third-order valence-electron chi connectivity index (χ3n) is 1.91. The highest BCUT2D eigenvalue weighted by Gasteiger charge is 2.08. The molecule has 0 aliphatic rings. The van der Waals surface area contributed by atoms with Gasteiger partial charge in [0.1, 0.15) is 5.69 Å². The van der Waals surface area contributed by atoms with Crippen LogP contribution in [0.4, 0.5) is 5.88 Å². The smallest absolute Gasteiger partial charge is 0.222 e. The summed E-state index contributed by atoms with van der Waals surface area (Å²) in [5, 5.41) is 11.7. The first-order valence-electron chi connectivity index (χ1n) is 4.20. The largest absolute Gasteiger partial charge is 0.368 e. The van der Waals surface area contributed by atoms with E-state index < -0.39 is 0 Å². The van der Waals surface area contributed by atoms with Crippen LogP contribution in [0.2, 0.25) is 0 Å². The molecule has 0 radical (unpaired) electrons. The van der Waals surface area contributed by atoms with Gasteiger partial charge in [0.2, 0.25) is 5.88 Å². The molecular formula is C9H10N4O. The molecule has 0 fully saturated rings. The van der Waals surface area contributed by atoms with Crippen LogP contribution in [0.3, 0.4) is 0 Å². The van der Waals surface area contributed by atoms with E-state index in [9.17, 15) is 0 Å². The number of aromatic nitrogens is 3. The van der Waals surface area contributed by atoms with Gasteiger partial charge < -0.3 is 10.3 Å². The molecule has 2 heterocycles. The number of nitrogens with two attached hydrogens (primary N) is 1. The fourth-order valence-electron chi connectivity index (χ4n) is 1.23. The maximum Gasteiger partial charge on any atom is 0.222 e. The third kappa shape index (κ3) is 1.44. The summed E-state index contributed by atoms with van der Waals surface area (Å²) < 4.78 is 4.79. The Hall–Kier alpha value is -1.91. The molecule has 0 saturated carbocycles. The monoisotopic (exact) mass is 190 g/mol. The fraction of sp³-hybridized carbons (Fsp3) is 0.222. The average molecular weight is 190 g/mol. The lowest BCUT2D eigenvalue weighted by atomic mass is 10.1. The second-order valence-electron chi connectivity index (χ2n) is 3.10. The maximum absolute atomic E-state index is 5.44. The van der Waals surface area contributed by atoms with Gasteiger partial charge in [-0.2, -0.15) is 10.2 Å². The van der Waals surface area contributed by atoms with E-state index >= 15 is 0 Å². The van der Waals surface area contributed by atoms with Crippen molar-refractivity contribution < 1.29 is 4.52 Å². The maximum atomic E-state index is 5.44. The van der Waals surface area contributed by atoms with Crippen molar-refractivity contribution in [3.05, 3.63) is 23.5 Å². The molecule has 14 heavy (non-hydrogen) atoms. The minimum atomic E-state index is 0.300. The Balaban J connectivity index is 2.55. The Bertz CT molecular complexity index is 464. The van der Waals surface area contributed by atoms with Crippen LogP contribution < -0.4 is 5.73 Å². The van der Waals surface area contributed by atoms with Crippen LogP contribution in [-0.4, -0.2) is 15.4 Å². The molecule has 0 aliphatic carbocycles. The first-order chi connectivity index (χ1) is 6.66. The van der Waals surface area contributed by atoms with E-state index in [0.29, 0.717) is 11.6 Å². The molecule has 0 bridgehead atoms. The average Bonchev–Trinajstić information content (AvgIpc) is 2.56. The van der Waals surface area contributed by atoms with Gasteiger partial charge in [-0.25, -0.2) is 0 Å². The molecule has 2 N–H and O–H groups in total. The summed E-state index contributed by atoms with van der Waals surface area (Å²) in [6.45, 7) is 3.74. The topological polar surface area (TPSA) is 77.8 Å². The van der Waals surface area contributed by atoms with Crippen LogP contribution in [0.15, 0.2) is 16.7 Å². The van der Waals surface area contributed by atoms with Crippen LogP contribution in [0.25, 0.3) is 11.3 Å². The van der Waals surface area contributed by atoms with Crippen molar-refractivity contribution in [1.82, 2.24) is 15.4 Å². The van der Waals surface area contributed by atoms with Gasteiger partial charge in [-0.15, -0.1) is 0 Å². The number of aryl methyl sites for hydroxylation is 2. The molecule has 5 heteroatoms. The molecule has 2 aromatic rings. The summed E-state index contributed by atoms with van der Waals surface area (Å²) in [6.07, 6.45) is 0. The van der Waals surface area contributed by atoms with Gasteiger partial charge in [-0.05, 0) is 19.9 Å². The van der Waals surface area contributed by atoms with Crippen molar-refractivity contribution in [2.24, 2.45) is 0 Å². The second kappa shape index (κ2) is 3.10. The van der Waals surface area contributed by atoms with Crippen molar-refractivity contribution in [3.8, 4) is 11.3 Å². The second-order valence-corrected chi connectivity index (χ2v) is 3.10. The number of nitrogens with zero attached hydrogens (tertiary/aromatic N) is 3. The Morgan fingerprint density at radius 1 is 1.21 bits per heavy atom. The van der Waals surface area contributed by atoms with Crippen molar-refractivity contribution in [2.75, 3.05) is 5.73 Å². The highest BCUT2D eigenvalue weighted by atomic mass is 16.5. The van der Waals surface area contributed by atoms with Crippen LogP contribution in [0.5, 0.6) is 0 Å². The van der Waals surface area contributed by atoms with Crippen LogP contribution >= 0.6 is 0 Å². The van der Waals surface area contributed by atoms with E-state index in [1.807, 2.05) is 19.9 Å². The van der Waals surface area contributed by atoms with Crippen molar-refractivity contribution in [2.45, 2.75) is 13.8 Å². The van der Waals surface area contributed by atoms with Crippen LogP contribution in [0, 0.1) is 13.8 Å². The zero-order valence-corrected chi connectivity index (χ0v) is 7.98. The minimum absolute atomic E-state index is 0.300. The molecule has 0 amide bonds. The van der Waals surface area contributed by atoms with Gasteiger partial charge in [-0.1, -0.05) is 5.16 Å². The summed E-state index contributed by atoms with van der Waals surface area (Å²) in [4.78, 5) is 0. The third-order valence-corrected chi connectivity index (χ3v) is 1.91. The number of rotatable bonds is 1. The summed E-state index contributed by atoms with van der Waals surface area (Å²) >= 11 is 0. The predicted octanol–water partition coefficient (Wildman–Crippen LogP) is 1.33. The van der Waals surface area contributed by atoms with Gasteiger partial charge in [0.25, 0.3) is 0 Å². The molecule has 0 saturated heterocycles. The molecule has 5 nitrogen and oxygen atoms in total. The fourth-order valence-corrected chi connectivity index (χ4v) is 1.23. The molecule has 0 aromatic carbocycles. The van der Waals surface area contributed by atoms with Crippen molar-refractivity contribution >= 4 is 5.88 Å². The SMILES string of the molecule is Cc1cc(-c2cc(N)on2)c(C)nn1. The molecule has 0 spiro atoms. The zero-order valence-electron chi connectivity index (χ0n) is 7.98. The number of hydrogen-bond acceptors (Lipinski definition) is 5. The standard InChI is InChI=1S/C9H10N4O/c1-5-3-7(6(2)12-11-5)8-4-9(10)14-13-8/h3-4H,10H2,1-2H3. The Morgan fingerprint density at radius 3 is 2.64 bits per heavy atom. The summed E-state index contributed by atoms with van der Waals surface area (Å²) in [6, 6.07) is 3.57. The van der Waals surface area contributed by atoms with E-state index in [-0.39, 0.29) is 0 Å². The van der Waals surface area contributed by atoms with Gasteiger partial charge >= 0.3 is 0 Å².